The van der Waals surface area contributed by atoms with Crippen molar-refractivity contribution < 1.29 is 14.0 Å². The van der Waals surface area contributed by atoms with E-state index in [0.29, 0.717) is 23.2 Å². The lowest BCUT2D eigenvalue weighted by molar-refractivity contribution is -0.119. The Morgan fingerprint density at radius 2 is 1.79 bits per heavy atom. The van der Waals surface area contributed by atoms with E-state index in [1.165, 1.54) is 33.5 Å². The number of anilines is 1. The molecule has 0 N–H and O–H groups in total. The average molecular weight is 484 g/mol. The minimum atomic E-state index is -0.889. The number of amides is 1. The number of para-hydroxylation sites is 1. The molecule has 2 aromatic heterocycles. The van der Waals surface area contributed by atoms with Crippen LogP contribution in [0.3, 0.4) is 0 Å². The number of benzene rings is 1. The molecule has 3 aromatic rings. The smallest absolute Gasteiger partial charge is 0.286 e. The van der Waals surface area contributed by atoms with Gasteiger partial charge in [-0.1, -0.05) is 57.7 Å². The van der Waals surface area contributed by atoms with E-state index in [1.54, 1.807) is 31.2 Å². The first-order chi connectivity index (χ1) is 16.2. The van der Waals surface area contributed by atoms with Gasteiger partial charge in [0.05, 0.1) is 0 Å². The SMILES string of the molecule is Cc1nccc(=O)n1CC(=O)N(c1ccccc1)[C@@H](CC(C)C)C(=O)c1nnc(SC(C)C)o1. The number of aryl methyl sites for hydroxylation is 1. The maximum absolute atomic E-state index is 13.6. The van der Waals surface area contributed by atoms with Gasteiger partial charge in [0.25, 0.3) is 16.7 Å². The van der Waals surface area contributed by atoms with Crippen molar-refractivity contribution in [2.45, 2.75) is 64.1 Å². The van der Waals surface area contributed by atoms with Crippen LogP contribution in [0.2, 0.25) is 0 Å². The molecule has 0 radical (unpaired) electrons. The van der Waals surface area contributed by atoms with Gasteiger partial charge in [0, 0.05) is 23.2 Å². The highest BCUT2D eigenvalue weighted by Gasteiger charge is 2.35. The topological polar surface area (TPSA) is 111 Å². The molecule has 1 amide bonds. The monoisotopic (exact) mass is 483 g/mol. The van der Waals surface area contributed by atoms with Gasteiger partial charge in [-0.2, -0.15) is 0 Å². The molecule has 0 spiro atoms. The molecule has 34 heavy (non-hydrogen) atoms. The zero-order chi connectivity index (χ0) is 24.8. The third kappa shape index (κ3) is 6.19. The summed E-state index contributed by atoms with van der Waals surface area (Å²) in [5, 5.41) is 8.44. The number of ketones is 1. The van der Waals surface area contributed by atoms with Crippen LogP contribution in [0, 0.1) is 12.8 Å². The highest BCUT2D eigenvalue weighted by Crippen LogP contribution is 2.26. The number of carbonyl (C=O) groups excluding carboxylic acids is 2. The molecule has 3 rings (SSSR count). The molecule has 0 unspecified atom stereocenters. The first kappa shape index (κ1) is 25.4. The normalized spacial score (nSPS) is 12.2. The lowest BCUT2D eigenvalue weighted by Crippen LogP contribution is -2.48. The highest BCUT2D eigenvalue weighted by atomic mass is 32.2. The second kappa shape index (κ2) is 11.2. The number of hydrogen-bond acceptors (Lipinski definition) is 8. The van der Waals surface area contributed by atoms with E-state index in [9.17, 15) is 14.4 Å². The summed E-state index contributed by atoms with van der Waals surface area (Å²) in [6.07, 6.45) is 1.77. The van der Waals surface area contributed by atoms with Gasteiger partial charge in [-0.25, -0.2) is 4.98 Å². The van der Waals surface area contributed by atoms with Gasteiger partial charge in [-0.3, -0.25) is 23.9 Å². The van der Waals surface area contributed by atoms with Crippen LogP contribution in [-0.4, -0.2) is 42.7 Å². The van der Waals surface area contributed by atoms with Crippen molar-refractivity contribution in [3.8, 4) is 0 Å². The van der Waals surface area contributed by atoms with Crippen molar-refractivity contribution in [1.82, 2.24) is 19.7 Å². The van der Waals surface area contributed by atoms with Crippen LogP contribution in [0.1, 0.15) is 50.6 Å². The van der Waals surface area contributed by atoms with E-state index < -0.39 is 17.7 Å². The fourth-order valence-electron chi connectivity index (χ4n) is 3.50. The molecule has 10 heteroatoms. The molecule has 1 aromatic carbocycles. The fraction of sp³-hybridized carbons (Fsp3) is 0.417. The van der Waals surface area contributed by atoms with E-state index in [0.717, 1.165) is 0 Å². The van der Waals surface area contributed by atoms with Crippen molar-refractivity contribution in [3.05, 3.63) is 64.7 Å². The average Bonchev–Trinajstić information content (AvgIpc) is 3.23. The number of nitrogens with zero attached hydrogens (tertiary/aromatic N) is 5. The van der Waals surface area contributed by atoms with Crippen molar-refractivity contribution >= 4 is 29.1 Å². The van der Waals surface area contributed by atoms with Gasteiger partial charge in [0.2, 0.25) is 11.7 Å². The van der Waals surface area contributed by atoms with Crippen LogP contribution < -0.4 is 10.5 Å². The zero-order valence-electron chi connectivity index (χ0n) is 20.0. The molecule has 9 nitrogen and oxygen atoms in total. The van der Waals surface area contributed by atoms with E-state index in [4.69, 9.17) is 4.42 Å². The molecule has 0 aliphatic rings. The van der Waals surface area contributed by atoms with Gasteiger partial charge >= 0.3 is 0 Å². The molecule has 0 fully saturated rings. The van der Waals surface area contributed by atoms with Crippen LogP contribution in [0.15, 0.2) is 57.0 Å². The Labute approximate surface area is 202 Å². The first-order valence-electron chi connectivity index (χ1n) is 11.1. The third-order valence-electron chi connectivity index (χ3n) is 4.99. The van der Waals surface area contributed by atoms with Crippen molar-refractivity contribution in [2.24, 2.45) is 5.92 Å². The van der Waals surface area contributed by atoms with E-state index in [1.807, 2.05) is 33.8 Å². The minimum Gasteiger partial charge on any atom is -0.408 e. The molecule has 0 saturated carbocycles. The summed E-state index contributed by atoms with van der Waals surface area (Å²) >= 11 is 1.36. The molecule has 2 heterocycles. The predicted octanol–water partition coefficient (Wildman–Crippen LogP) is 3.77. The molecular formula is C24H29N5O4S. The van der Waals surface area contributed by atoms with Gasteiger partial charge in [0.15, 0.2) is 0 Å². The Kier molecular flexibility index (Phi) is 8.38. The first-order valence-corrected chi connectivity index (χ1v) is 12.0. The summed E-state index contributed by atoms with van der Waals surface area (Å²) in [4.78, 5) is 45.2. The van der Waals surface area contributed by atoms with Gasteiger partial charge < -0.3 is 4.42 Å². The van der Waals surface area contributed by atoms with Gasteiger partial charge in [-0.05, 0) is 31.4 Å². The molecule has 0 bridgehead atoms. The molecular weight excluding hydrogens is 454 g/mol. The van der Waals surface area contributed by atoms with E-state index in [-0.39, 0.29) is 29.2 Å². The lowest BCUT2D eigenvalue weighted by atomic mass is 9.97. The second-order valence-corrected chi connectivity index (χ2v) is 10.1. The van der Waals surface area contributed by atoms with Gasteiger partial charge in [-0.15, -0.1) is 10.2 Å². The molecule has 1 atom stereocenters. The number of carbonyl (C=O) groups is 2. The minimum absolute atomic E-state index is 0.0863. The summed E-state index contributed by atoms with van der Waals surface area (Å²) in [7, 11) is 0. The summed E-state index contributed by atoms with van der Waals surface area (Å²) in [5.74, 6) is -0.502. The Morgan fingerprint density at radius 3 is 2.41 bits per heavy atom. The van der Waals surface area contributed by atoms with Crippen LogP contribution in [-0.2, 0) is 11.3 Å². The Balaban J connectivity index is 2.03. The Bertz CT molecular complexity index is 1190. The van der Waals surface area contributed by atoms with Crippen LogP contribution in [0.5, 0.6) is 0 Å². The number of Topliss-reactive ketones (excluding diaryl/α,β-unsaturated/α-hetero) is 1. The van der Waals surface area contributed by atoms with Crippen LogP contribution in [0.4, 0.5) is 5.69 Å². The lowest BCUT2D eigenvalue weighted by Gasteiger charge is -2.31. The highest BCUT2D eigenvalue weighted by molar-refractivity contribution is 7.99. The predicted molar refractivity (Wildman–Crippen MR) is 130 cm³/mol. The number of thioether (sulfide) groups is 1. The molecule has 0 saturated heterocycles. The third-order valence-corrected chi connectivity index (χ3v) is 5.83. The molecule has 0 aliphatic heterocycles. The van der Waals surface area contributed by atoms with E-state index >= 15 is 0 Å². The number of hydrogen-bond donors (Lipinski definition) is 0. The number of rotatable bonds is 10. The van der Waals surface area contributed by atoms with Crippen molar-refractivity contribution in [3.63, 3.8) is 0 Å². The summed E-state index contributed by atoms with van der Waals surface area (Å²) < 4.78 is 6.92. The quantitative estimate of drug-likeness (QED) is 0.316. The molecule has 180 valence electrons. The molecule has 0 aliphatic carbocycles. The van der Waals surface area contributed by atoms with Crippen molar-refractivity contribution in [1.29, 1.82) is 0 Å². The second-order valence-electron chi connectivity index (χ2n) is 8.57. The van der Waals surface area contributed by atoms with Crippen LogP contribution >= 0.6 is 11.8 Å². The van der Waals surface area contributed by atoms with E-state index in [2.05, 4.69) is 15.2 Å². The maximum atomic E-state index is 13.6. The summed E-state index contributed by atoms with van der Waals surface area (Å²) in [5.41, 5.74) is 0.199. The fourth-order valence-corrected chi connectivity index (χ4v) is 4.11. The largest absolute Gasteiger partial charge is 0.408 e. The van der Waals surface area contributed by atoms with Crippen molar-refractivity contribution in [2.75, 3.05) is 4.90 Å². The Morgan fingerprint density at radius 1 is 1.09 bits per heavy atom. The summed E-state index contributed by atoms with van der Waals surface area (Å²) in [6, 6.07) is 9.33. The standard InChI is InChI=1S/C24H29N5O4S/c1-15(2)13-19(22(32)23-26-27-24(33-23)34-16(3)4)29(18-9-7-6-8-10-18)21(31)14-28-17(5)25-12-11-20(28)30/h6-12,15-16,19H,13-14H2,1-5H3/t19-/m0/s1. The van der Waals surface area contributed by atoms with Gasteiger partial charge in [0.1, 0.15) is 18.4 Å². The summed E-state index contributed by atoms with van der Waals surface area (Å²) in [6.45, 7) is 9.31. The number of aromatic nitrogens is 4. The zero-order valence-corrected chi connectivity index (χ0v) is 20.8. The van der Waals surface area contributed by atoms with Crippen LogP contribution in [0.25, 0.3) is 0 Å². The Hall–Kier alpha value is -3.27. The maximum Gasteiger partial charge on any atom is 0.286 e.